The molecule has 0 saturated carbocycles. The Morgan fingerprint density at radius 1 is 1.00 bits per heavy atom. The molecule has 1 aromatic heterocycles. The van der Waals surface area contributed by atoms with Gasteiger partial charge in [0.25, 0.3) is 0 Å². The molecule has 7 heteroatoms. The average molecular weight is 462 g/mol. The Labute approximate surface area is 202 Å². The molecule has 2 aromatic carbocycles. The van der Waals surface area contributed by atoms with E-state index in [9.17, 15) is 9.59 Å². The summed E-state index contributed by atoms with van der Waals surface area (Å²) in [7, 11) is 0. The minimum Gasteiger partial charge on any atom is -0.315 e. The first kappa shape index (κ1) is 25.0. The number of carbonyl (C=O) groups is 2. The zero-order chi connectivity index (χ0) is 24.7. The standard InChI is InChI=1S/C27H35N5O2/c1-6-7-17-31(26(34)28-22-16-12-11-13-20(22)2)19-25(33)29-24-18-23(27(3,4)5)30-32(24)21-14-9-8-10-15-21/h8-16,18H,6-7,17,19H2,1-5H3,(H,28,34)(H,29,33). The Bertz CT molecular complexity index is 1120. The van der Waals surface area contributed by atoms with Crippen LogP contribution in [0.5, 0.6) is 0 Å². The Hall–Kier alpha value is -3.61. The van der Waals surface area contributed by atoms with Crippen LogP contribution in [-0.2, 0) is 10.2 Å². The monoisotopic (exact) mass is 461 g/mol. The van der Waals surface area contributed by atoms with Gasteiger partial charge in [0.1, 0.15) is 12.4 Å². The lowest BCUT2D eigenvalue weighted by Crippen LogP contribution is -2.41. The van der Waals surface area contributed by atoms with E-state index < -0.39 is 0 Å². The van der Waals surface area contributed by atoms with E-state index in [0.29, 0.717) is 12.4 Å². The summed E-state index contributed by atoms with van der Waals surface area (Å²) in [6.45, 7) is 10.7. The third kappa shape index (κ3) is 6.47. The van der Waals surface area contributed by atoms with E-state index in [1.54, 1.807) is 9.58 Å². The van der Waals surface area contributed by atoms with Crippen molar-refractivity contribution in [3.63, 3.8) is 0 Å². The van der Waals surface area contributed by atoms with E-state index in [1.165, 1.54) is 0 Å². The molecule has 0 aliphatic heterocycles. The van der Waals surface area contributed by atoms with Crippen LogP contribution >= 0.6 is 0 Å². The second kappa shape index (κ2) is 11.0. The van der Waals surface area contributed by atoms with Crippen molar-refractivity contribution in [1.29, 1.82) is 0 Å². The number of unbranched alkanes of at least 4 members (excludes halogenated alkanes) is 1. The van der Waals surface area contributed by atoms with Crippen molar-refractivity contribution in [2.45, 2.75) is 52.9 Å². The smallest absolute Gasteiger partial charge is 0.315 e. The molecule has 34 heavy (non-hydrogen) atoms. The number of urea groups is 1. The van der Waals surface area contributed by atoms with Gasteiger partial charge in [-0.05, 0) is 37.1 Å². The summed E-state index contributed by atoms with van der Waals surface area (Å²) in [6.07, 6.45) is 1.73. The summed E-state index contributed by atoms with van der Waals surface area (Å²) in [5.41, 5.74) is 3.25. The molecule has 2 N–H and O–H groups in total. The zero-order valence-electron chi connectivity index (χ0n) is 20.8. The van der Waals surface area contributed by atoms with Gasteiger partial charge in [-0.1, -0.05) is 70.5 Å². The van der Waals surface area contributed by atoms with Gasteiger partial charge in [-0.3, -0.25) is 4.79 Å². The van der Waals surface area contributed by atoms with Gasteiger partial charge >= 0.3 is 6.03 Å². The molecule has 0 fully saturated rings. The second-order valence-electron chi connectivity index (χ2n) is 9.48. The largest absolute Gasteiger partial charge is 0.322 e. The number of anilines is 2. The normalized spacial score (nSPS) is 11.2. The van der Waals surface area contributed by atoms with Crippen LogP contribution in [0.25, 0.3) is 5.69 Å². The van der Waals surface area contributed by atoms with Gasteiger partial charge in [0.15, 0.2) is 0 Å². The summed E-state index contributed by atoms with van der Waals surface area (Å²) in [5, 5.41) is 10.7. The molecular weight excluding hydrogens is 426 g/mol. The lowest BCUT2D eigenvalue weighted by atomic mass is 9.92. The topological polar surface area (TPSA) is 79.3 Å². The predicted octanol–water partition coefficient (Wildman–Crippen LogP) is 5.75. The number of hydrogen-bond acceptors (Lipinski definition) is 3. The van der Waals surface area contributed by atoms with Crippen LogP contribution in [0.3, 0.4) is 0 Å². The Balaban J connectivity index is 1.79. The molecule has 0 bridgehead atoms. The number of nitrogens with one attached hydrogen (secondary N) is 2. The molecule has 3 rings (SSSR count). The third-order valence-electron chi connectivity index (χ3n) is 5.54. The predicted molar refractivity (Wildman–Crippen MR) is 138 cm³/mol. The van der Waals surface area contributed by atoms with Gasteiger partial charge in [0.2, 0.25) is 5.91 Å². The first-order chi connectivity index (χ1) is 16.2. The maximum Gasteiger partial charge on any atom is 0.322 e. The van der Waals surface area contributed by atoms with Crippen LogP contribution in [-0.4, -0.2) is 39.7 Å². The number of aryl methyl sites for hydroxylation is 1. The number of carbonyl (C=O) groups excluding carboxylic acids is 2. The van der Waals surface area contributed by atoms with Crippen molar-refractivity contribution in [2.24, 2.45) is 0 Å². The number of amides is 3. The average Bonchev–Trinajstić information content (AvgIpc) is 3.23. The zero-order valence-corrected chi connectivity index (χ0v) is 20.8. The van der Waals surface area contributed by atoms with E-state index in [-0.39, 0.29) is 23.9 Å². The molecule has 0 saturated heterocycles. The van der Waals surface area contributed by atoms with Crippen LogP contribution in [0, 0.1) is 6.92 Å². The highest BCUT2D eigenvalue weighted by Crippen LogP contribution is 2.26. The van der Waals surface area contributed by atoms with Crippen molar-refractivity contribution >= 4 is 23.4 Å². The summed E-state index contributed by atoms with van der Waals surface area (Å²) in [5.74, 6) is 0.310. The van der Waals surface area contributed by atoms with Crippen LogP contribution in [0.1, 0.15) is 51.8 Å². The molecule has 7 nitrogen and oxygen atoms in total. The van der Waals surface area contributed by atoms with Crippen LogP contribution in [0.4, 0.5) is 16.3 Å². The van der Waals surface area contributed by atoms with Gasteiger partial charge in [-0.2, -0.15) is 5.10 Å². The fraction of sp³-hybridized carbons (Fsp3) is 0.370. The van der Waals surface area contributed by atoms with Crippen molar-refractivity contribution in [1.82, 2.24) is 14.7 Å². The van der Waals surface area contributed by atoms with Gasteiger partial charge in [0, 0.05) is 23.7 Å². The minimum atomic E-state index is -0.287. The summed E-state index contributed by atoms with van der Waals surface area (Å²) in [4.78, 5) is 27.6. The molecule has 0 aliphatic rings. The summed E-state index contributed by atoms with van der Waals surface area (Å²) < 4.78 is 1.74. The quantitative estimate of drug-likeness (QED) is 0.448. The second-order valence-corrected chi connectivity index (χ2v) is 9.48. The van der Waals surface area contributed by atoms with Crippen molar-refractivity contribution < 1.29 is 9.59 Å². The van der Waals surface area contributed by atoms with E-state index >= 15 is 0 Å². The van der Waals surface area contributed by atoms with Gasteiger partial charge < -0.3 is 15.5 Å². The molecule has 1 heterocycles. The third-order valence-corrected chi connectivity index (χ3v) is 5.54. The number of benzene rings is 2. The van der Waals surface area contributed by atoms with Gasteiger partial charge in [-0.25, -0.2) is 9.48 Å². The maximum atomic E-state index is 13.1. The Kier molecular flexibility index (Phi) is 8.10. The maximum absolute atomic E-state index is 13.1. The number of hydrogen-bond donors (Lipinski definition) is 2. The Morgan fingerprint density at radius 2 is 1.68 bits per heavy atom. The van der Waals surface area contributed by atoms with Crippen LogP contribution < -0.4 is 10.6 Å². The first-order valence-electron chi connectivity index (χ1n) is 11.8. The summed E-state index contributed by atoms with van der Waals surface area (Å²) >= 11 is 0. The lowest BCUT2D eigenvalue weighted by molar-refractivity contribution is -0.116. The molecule has 3 amide bonds. The molecule has 0 spiro atoms. The van der Waals surface area contributed by atoms with E-state index in [4.69, 9.17) is 5.10 Å². The van der Waals surface area contributed by atoms with E-state index in [2.05, 4.69) is 38.3 Å². The number of rotatable bonds is 8. The van der Waals surface area contributed by atoms with Crippen molar-refractivity contribution in [2.75, 3.05) is 23.7 Å². The fourth-order valence-corrected chi connectivity index (χ4v) is 3.47. The van der Waals surface area contributed by atoms with E-state index in [0.717, 1.165) is 35.5 Å². The molecule has 0 unspecified atom stereocenters. The highest BCUT2D eigenvalue weighted by atomic mass is 16.2. The van der Waals surface area contributed by atoms with Gasteiger partial charge in [0.05, 0.1) is 11.4 Å². The molecule has 0 atom stereocenters. The Morgan fingerprint density at radius 3 is 2.32 bits per heavy atom. The van der Waals surface area contributed by atoms with E-state index in [1.807, 2.05) is 67.6 Å². The van der Waals surface area contributed by atoms with Gasteiger partial charge in [-0.15, -0.1) is 0 Å². The number of para-hydroxylation sites is 2. The molecule has 3 aromatic rings. The molecule has 180 valence electrons. The first-order valence-corrected chi connectivity index (χ1v) is 11.8. The molecule has 0 aliphatic carbocycles. The fourth-order valence-electron chi connectivity index (χ4n) is 3.47. The van der Waals surface area contributed by atoms with Crippen LogP contribution in [0.15, 0.2) is 60.7 Å². The minimum absolute atomic E-state index is 0.0530. The summed E-state index contributed by atoms with van der Waals surface area (Å²) in [6, 6.07) is 18.9. The highest BCUT2D eigenvalue weighted by Gasteiger charge is 2.23. The number of aromatic nitrogens is 2. The van der Waals surface area contributed by atoms with Crippen molar-refractivity contribution in [3.05, 3.63) is 71.9 Å². The SMILES string of the molecule is CCCCN(CC(=O)Nc1cc(C(C)(C)C)nn1-c1ccccc1)C(=O)Nc1ccccc1C. The highest BCUT2D eigenvalue weighted by molar-refractivity contribution is 5.97. The number of nitrogens with zero attached hydrogens (tertiary/aromatic N) is 3. The van der Waals surface area contributed by atoms with Crippen LogP contribution in [0.2, 0.25) is 0 Å². The molecule has 0 radical (unpaired) electrons. The molecular formula is C27H35N5O2. The van der Waals surface area contributed by atoms with Crippen molar-refractivity contribution in [3.8, 4) is 5.69 Å². The lowest BCUT2D eigenvalue weighted by Gasteiger charge is -2.23.